The summed E-state index contributed by atoms with van der Waals surface area (Å²) in [4.78, 5) is 0.688. The molecule has 0 radical (unpaired) electrons. The van der Waals surface area contributed by atoms with Crippen LogP contribution in [0.25, 0.3) is 0 Å². The molecule has 1 N–H and O–H groups in total. The molecule has 0 heterocycles. The molecule has 2 atom stereocenters. The van der Waals surface area contributed by atoms with Crippen LogP contribution in [0.3, 0.4) is 0 Å². The van der Waals surface area contributed by atoms with Gasteiger partial charge in [-0.3, -0.25) is 4.03 Å². The molecule has 0 aliphatic heterocycles. The van der Waals surface area contributed by atoms with E-state index in [9.17, 15) is 9.32 Å². The molecule has 3 aromatic carbocycles. The monoisotopic (exact) mass is 465 g/mol. The van der Waals surface area contributed by atoms with E-state index in [4.69, 9.17) is 4.03 Å². The number of rotatable bonds is 7. The fourth-order valence-electron chi connectivity index (χ4n) is 4.10. The van der Waals surface area contributed by atoms with E-state index in [1.54, 1.807) is 0 Å². The Hall–Kier alpha value is -2.21. The second-order valence-electron chi connectivity index (χ2n) is 9.72. The van der Waals surface area contributed by atoms with Crippen molar-refractivity contribution in [3.63, 3.8) is 0 Å². The van der Waals surface area contributed by atoms with Crippen LogP contribution in [0.1, 0.15) is 34.6 Å². The van der Waals surface area contributed by atoms with Gasteiger partial charge in [0.05, 0.1) is 21.6 Å². The summed E-state index contributed by atoms with van der Waals surface area (Å²) >= 11 is 0. The van der Waals surface area contributed by atoms with Crippen molar-refractivity contribution in [1.82, 2.24) is 0 Å². The average Bonchev–Trinajstić information content (AvgIpc) is 2.78. The highest BCUT2D eigenvalue weighted by Gasteiger charge is 2.50. The number of hydrogen-bond acceptors (Lipinski definition) is 3. The number of hydrogen-bond donors (Lipinski definition) is 1. The van der Waals surface area contributed by atoms with Gasteiger partial charge < -0.3 is 5.11 Å². The van der Waals surface area contributed by atoms with E-state index in [2.05, 4.69) is 45.0 Å². The summed E-state index contributed by atoms with van der Waals surface area (Å²) in [6.07, 6.45) is -0.704. The first-order valence-electron chi connectivity index (χ1n) is 11.2. The highest BCUT2D eigenvalue weighted by molar-refractivity contribution is 7.94. The van der Waals surface area contributed by atoms with Crippen LogP contribution in [-0.2, 0) is 9.73 Å². The van der Waals surface area contributed by atoms with E-state index >= 15 is 0 Å². The van der Waals surface area contributed by atoms with Gasteiger partial charge in [-0.05, 0) is 33.5 Å². The van der Waals surface area contributed by atoms with Crippen molar-refractivity contribution < 1.29 is 9.32 Å². The molecule has 32 heavy (non-hydrogen) atoms. The molecule has 0 saturated heterocycles. The van der Waals surface area contributed by atoms with E-state index in [1.807, 2.05) is 80.6 Å². The summed E-state index contributed by atoms with van der Waals surface area (Å²) in [5, 5.41) is 12.8. The molecule has 3 rings (SSSR count). The lowest BCUT2D eigenvalue weighted by atomic mass is 10.1. The Balaban J connectivity index is 2.45. The maximum absolute atomic E-state index is 14.8. The van der Waals surface area contributed by atoms with Gasteiger partial charge in [-0.15, -0.1) is 0 Å². The summed E-state index contributed by atoms with van der Waals surface area (Å²) in [6.45, 7) is 10.5. The van der Waals surface area contributed by atoms with Crippen molar-refractivity contribution in [2.75, 3.05) is 5.75 Å². The molecule has 0 aliphatic rings. The van der Waals surface area contributed by atoms with Gasteiger partial charge >= 0.3 is 0 Å². The van der Waals surface area contributed by atoms with Crippen molar-refractivity contribution in [2.24, 2.45) is 9.95 Å². The van der Waals surface area contributed by atoms with Crippen molar-refractivity contribution in [3.05, 3.63) is 91.0 Å². The molecule has 0 aromatic heterocycles. The van der Waals surface area contributed by atoms with E-state index in [1.165, 1.54) is 0 Å². The van der Waals surface area contributed by atoms with Crippen molar-refractivity contribution >= 4 is 28.3 Å². The van der Waals surface area contributed by atoms with Crippen LogP contribution in [0.4, 0.5) is 0 Å². The predicted molar refractivity (Wildman–Crippen MR) is 139 cm³/mol. The van der Waals surface area contributed by atoms with Gasteiger partial charge in [0.25, 0.3) is 8.24 Å². The van der Waals surface area contributed by atoms with Crippen molar-refractivity contribution in [3.8, 4) is 0 Å². The summed E-state index contributed by atoms with van der Waals surface area (Å²) < 4.78 is 20.3. The zero-order chi connectivity index (χ0) is 23.4. The molecule has 0 aliphatic carbocycles. The summed E-state index contributed by atoms with van der Waals surface area (Å²) in [5.74, 6) is 0.119. The second kappa shape index (κ2) is 9.73. The third-order valence-corrected chi connectivity index (χ3v) is 14.6. The molecular weight excluding hydrogens is 430 g/mol. The highest BCUT2D eigenvalue weighted by Crippen LogP contribution is 2.38. The Morgan fingerprint density at radius 3 is 1.59 bits per heavy atom. The summed E-state index contributed by atoms with van der Waals surface area (Å²) in [5.41, 5.74) is 0. The highest BCUT2D eigenvalue weighted by atomic mass is 32.2. The van der Waals surface area contributed by atoms with Crippen LogP contribution in [0.2, 0.25) is 5.04 Å². The molecule has 0 spiro atoms. The average molecular weight is 466 g/mol. The Kier molecular flexibility index (Phi) is 7.43. The Labute approximate surface area is 194 Å². The van der Waals surface area contributed by atoms with Gasteiger partial charge in [0.1, 0.15) is 0 Å². The van der Waals surface area contributed by atoms with Crippen LogP contribution in [0.15, 0.2) is 99.9 Å². The van der Waals surface area contributed by atoms with E-state index in [-0.39, 0.29) is 16.7 Å². The quantitative estimate of drug-likeness (QED) is 0.494. The molecule has 0 saturated carbocycles. The van der Waals surface area contributed by atoms with Crippen molar-refractivity contribution in [2.45, 2.75) is 50.7 Å². The van der Waals surface area contributed by atoms with E-state index in [0.717, 1.165) is 10.4 Å². The number of benzene rings is 3. The molecule has 3 nitrogen and oxygen atoms in total. The minimum absolute atomic E-state index is 0.00566. The molecule has 0 unspecified atom stereocenters. The first kappa shape index (κ1) is 24.4. The van der Waals surface area contributed by atoms with E-state index in [0.29, 0.717) is 4.90 Å². The van der Waals surface area contributed by atoms with Crippen LogP contribution in [-0.4, -0.2) is 29.4 Å². The van der Waals surface area contributed by atoms with Gasteiger partial charge in [0.2, 0.25) is 0 Å². The molecule has 170 valence electrons. The zero-order valence-electron chi connectivity index (χ0n) is 19.7. The normalized spacial score (nSPS) is 15.2. The third-order valence-electron chi connectivity index (χ3n) is 6.03. The first-order chi connectivity index (χ1) is 15.1. The lowest BCUT2D eigenvalue weighted by Gasteiger charge is -2.41. The third kappa shape index (κ3) is 4.90. The van der Waals surface area contributed by atoms with Gasteiger partial charge in [0, 0.05) is 4.90 Å². The van der Waals surface area contributed by atoms with Crippen LogP contribution in [0.5, 0.6) is 0 Å². The topological polar surface area (TPSA) is 49.7 Å². The van der Waals surface area contributed by atoms with Gasteiger partial charge in [-0.25, -0.2) is 4.21 Å². The largest absolute Gasteiger partial charge is 0.392 e. The lowest BCUT2D eigenvalue weighted by Crippen LogP contribution is -2.63. The summed E-state index contributed by atoms with van der Waals surface area (Å²) in [6, 6.07) is 30.1. The van der Waals surface area contributed by atoms with Gasteiger partial charge in [-0.2, -0.15) is 0 Å². The lowest BCUT2D eigenvalue weighted by molar-refractivity contribution is 0.148. The minimum Gasteiger partial charge on any atom is -0.392 e. The van der Waals surface area contributed by atoms with Crippen molar-refractivity contribution in [1.29, 1.82) is 0 Å². The maximum Gasteiger partial charge on any atom is 0.260 e. The van der Waals surface area contributed by atoms with E-state index < -0.39 is 24.1 Å². The Morgan fingerprint density at radius 2 is 1.22 bits per heavy atom. The van der Waals surface area contributed by atoms with Crippen LogP contribution >= 0.6 is 0 Å². The zero-order valence-corrected chi connectivity index (χ0v) is 21.5. The number of nitrogens with zero attached hydrogens (tertiary/aromatic N) is 1. The fraction of sp³-hybridized carbons (Fsp3) is 0.333. The van der Waals surface area contributed by atoms with Crippen LogP contribution < -0.4 is 10.4 Å². The van der Waals surface area contributed by atoms with Gasteiger partial charge in [-0.1, -0.05) is 113 Å². The molecule has 0 bridgehead atoms. The SMILES string of the molecule is CC(C)[C@H](O)C[S@](=O)(=N[Si](c1ccccc1)(c1ccccc1)C(C)(C)C)c1ccccc1. The first-order valence-corrected chi connectivity index (χ1v) is 14.8. The smallest absolute Gasteiger partial charge is 0.260 e. The molecule has 0 fully saturated rings. The summed E-state index contributed by atoms with van der Waals surface area (Å²) in [7, 11) is -5.84. The second-order valence-corrected chi connectivity index (χ2v) is 16.6. The minimum atomic E-state index is -2.93. The Bertz CT molecular complexity index is 1080. The molecule has 3 aromatic rings. The molecular formula is C27H35NO2SSi. The number of aliphatic hydroxyl groups excluding tert-OH is 1. The maximum atomic E-state index is 14.8. The van der Waals surface area contributed by atoms with Gasteiger partial charge in [0.15, 0.2) is 0 Å². The molecule has 5 heteroatoms. The predicted octanol–water partition coefficient (Wildman–Crippen LogP) is 5.09. The Morgan fingerprint density at radius 1 is 0.812 bits per heavy atom. The molecule has 0 amide bonds. The number of aliphatic hydroxyl groups is 1. The standard InChI is InChI=1S/C27H35NO2SSi/c1-22(2)26(29)21-31(30,23-15-9-6-10-16-23)28-32(27(3,4)5,24-17-11-7-12-18-24)25-19-13-8-14-20-25/h6-20,22,26,29H,21H2,1-5H3/t26-,31-/m1/s1. The van der Waals surface area contributed by atoms with Crippen LogP contribution in [0, 0.1) is 5.92 Å². The fourth-order valence-corrected chi connectivity index (χ4v) is 13.6.